The minimum Gasteiger partial charge on any atom is -0.330 e. The Morgan fingerprint density at radius 1 is 1.41 bits per heavy atom. The number of hydrogen-bond donors (Lipinski definition) is 2. The normalized spacial score (nSPS) is 11.4. The summed E-state index contributed by atoms with van der Waals surface area (Å²) in [5.41, 5.74) is 4.68. The molecule has 0 radical (unpaired) electrons. The number of carbonyl (C=O) groups is 1. The number of anilines is 1. The van der Waals surface area contributed by atoms with E-state index in [2.05, 4.69) is 5.32 Å². The fraction of sp³-hybridized carbons (Fsp3) is 0.417. The molecule has 3 nitrogen and oxygen atoms in total. The molecular formula is C12H16F2N2O. The Bertz CT molecular complexity index is 419. The molecule has 17 heavy (non-hydrogen) atoms. The van der Waals surface area contributed by atoms with Gasteiger partial charge in [-0.25, -0.2) is 8.78 Å². The maximum Gasteiger partial charge on any atom is 0.230 e. The van der Waals surface area contributed by atoms with E-state index in [9.17, 15) is 13.6 Å². The Hall–Kier alpha value is -1.49. The molecule has 0 spiro atoms. The van der Waals surface area contributed by atoms with Crippen LogP contribution in [0.25, 0.3) is 0 Å². The Kier molecular flexibility index (Phi) is 4.17. The van der Waals surface area contributed by atoms with Gasteiger partial charge in [0.25, 0.3) is 0 Å². The number of rotatable bonds is 4. The van der Waals surface area contributed by atoms with Crippen LogP contribution in [0, 0.1) is 17.0 Å². The summed E-state index contributed by atoms with van der Waals surface area (Å²) in [7, 11) is 0. The third-order valence-electron chi connectivity index (χ3n) is 2.56. The van der Waals surface area contributed by atoms with Crippen LogP contribution in [0.15, 0.2) is 18.2 Å². The van der Waals surface area contributed by atoms with E-state index < -0.39 is 17.0 Å². The summed E-state index contributed by atoms with van der Waals surface area (Å²) < 4.78 is 26.0. The van der Waals surface area contributed by atoms with Crippen LogP contribution in [0.1, 0.15) is 20.3 Å². The first kappa shape index (κ1) is 13.6. The molecule has 0 atom stereocenters. The standard InChI is InChI=1S/C12H16F2N2O/c1-12(2,5-6-15)11(17)16-10-4-3-8(13)7-9(10)14/h3-4,7H,5-6,15H2,1-2H3,(H,16,17). The lowest BCUT2D eigenvalue weighted by atomic mass is 9.88. The lowest BCUT2D eigenvalue weighted by molar-refractivity contribution is -0.124. The van der Waals surface area contributed by atoms with Crippen molar-refractivity contribution in [2.75, 3.05) is 11.9 Å². The highest BCUT2D eigenvalue weighted by Crippen LogP contribution is 2.23. The molecule has 0 heterocycles. The molecule has 5 heteroatoms. The molecule has 0 aliphatic heterocycles. The Morgan fingerprint density at radius 2 is 2.06 bits per heavy atom. The lowest BCUT2D eigenvalue weighted by Crippen LogP contribution is -2.33. The van der Waals surface area contributed by atoms with Gasteiger partial charge in [0.1, 0.15) is 11.6 Å². The summed E-state index contributed by atoms with van der Waals surface area (Å²) in [5.74, 6) is -1.81. The van der Waals surface area contributed by atoms with Gasteiger partial charge in [-0.15, -0.1) is 0 Å². The van der Waals surface area contributed by atoms with Crippen LogP contribution in [0.5, 0.6) is 0 Å². The molecule has 1 rings (SSSR count). The van der Waals surface area contributed by atoms with E-state index in [-0.39, 0.29) is 11.6 Å². The van der Waals surface area contributed by atoms with Crippen molar-refractivity contribution in [3.8, 4) is 0 Å². The predicted molar refractivity (Wildman–Crippen MR) is 62.4 cm³/mol. The third-order valence-corrected chi connectivity index (χ3v) is 2.56. The number of halogens is 2. The van der Waals surface area contributed by atoms with E-state index in [1.165, 1.54) is 6.07 Å². The third kappa shape index (κ3) is 3.49. The summed E-state index contributed by atoms with van der Waals surface area (Å²) in [4.78, 5) is 11.8. The largest absolute Gasteiger partial charge is 0.330 e. The highest BCUT2D eigenvalue weighted by molar-refractivity contribution is 5.94. The van der Waals surface area contributed by atoms with Crippen molar-refractivity contribution in [1.29, 1.82) is 0 Å². The van der Waals surface area contributed by atoms with Gasteiger partial charge in [0.05, 0.1) is 5.69 Å². The van der Waals surface area contributed by atoms with Crippen LogP contribution < -0.4 is 11.1 Å². The van der Waals surface area contributed by atoms with Crippen molar-refractivity contribution in [2.45, 2.75) is 20.3 Å². The monoisotopic (exact) mass is 242 g/mol. The molecule has 0 unspecified atom stereocenters. The number of nitrogens with two attached hydrogens (primary N) is 1. The first-order valence-electron chi connectivity index (χ1n) is 5.33. The number of hydrogen-bond acceptors (Lipinski definition) is 2. The number of amides is 1. The second kappa shape index (κ2) is 5.23. The summed E-state index contributed by atoms with van der Waals surface area (Å²) in [6.45, 7) is 3.81. The van der Waals surface area contributed by atoms with Gasteiger partial charge in [0, 0.05) is 11.5 Å². The molecule has 0 aromatic heterocycles. The first-order chi connectivity index (χ1) is 7.86. The topological polar surface area (TPSA) is 55.1 Å². The van der Waals surface area contributed by atoms with E-state index in [0.717, 1.165) is 12.1 Å². The fourth-order valence-electron chi connectivity index (χ4n) is 1.36. The highest BCUT2D eigenvalue weighted by atomic mass is 19.1. The average Bonchev–Trinajstić information content (AvgIpc) is 2.22. The van der Waals surface area contributed by atoms with E-state index in [1.807, 2.05) is 0 Å². The van der Waals surface area contributed by atoms with Gasteiger partial charge in [-0.05, 0) is 25.1 Å². The van der Waals surface area contributed by atoms with Gasteiger partial charge in [-0.3, -0.25) is 4.79 Å². The van der Waals surface area contributed by atoms with Gasteiger partial charge >= 0.3 is 0 Å². The maximum absolute atomic E-state index is 13.3. The lowest BCUT2D eigenvalue weighted by Gasteiger charge is -2.22. The van der Waals surface area contributed by atoms with Crippen molar-refractivity contribution < 1.29 is 13.6 Å². The van der Waals surface area contributed by atoms with Crippen molar-refractivity contribution in [2.24, 2.45) is 11.1 Å². The molecule has 0 saturated heterocycles. The minimum atomic E-state index is -0.790. The van der Waals surface area contributed by atoms with Crippen molar-refractivity contribution in [3.63, 3.8) is 0 Å². The molecular weight excluding hydrogens is 226 g/mol. The Balaban J connectivity index is 2.81. The van der Waals surface area contributed by atoms with Crippen LogP contribution in [-0.4, -0.2) is 12.5 Å². The maximum atomic E-state index is 13.3. The smallest absolute Gasteiger partial charge is 0.230 e. The first-order valence-corrected chi connectivity index (χ1v) is 5.33. The van der Waals surface area contributed by atoms with Crippen molar-refractivity contribution >= 4 is 11.6 Å². The summed E-state index contributed by atoms with van der Waals surface area (Å²) >= 11 is 0. The molecule has 0 fully saturated rings. The summed E-state index contributed by atoms with van der Waals surface area (Å²) in [6.07, 6.45) is 0.488. The molecule has 0 aliphatic rings. The van der Waals surface area contributed by atoms with E-state index in [0.29, 0.717) is 13.0 Å². The van der Waals surface area contributed by atoms with Crippen LogP contribution in [0.3, 0.4) is 0 Å². The molecule has 3 N–H and O–H groups in total. The molecule has 1 amide bonds. The zero-order valence-electron chi connectivity index (χ0n) is 9.89. The molecule has 0 aliphatic carbocycles. The van der Waals surface area contributed by atoms with Gasteiger partial charge in [-0.1, -0.05) is 13.8 Å². The van der Waals surface area contributed by atoms with Crippen molar-refractivity contribution in [3.05, 3.63) is 29.8 Å². The molecule has 1 aromatic carbocycles. The minimum absolute atomic E-state index is 0.0264. The Labute approximate surface area is 99.0 Å². The van der Waals surface area contributed by atoms with Crippen LogP contribution in [-0.2, 0) is 4.79 Å². The molecule has 0 bridgehead atoms. The summed E-state index contributed by atoms with van der Waals surface area (Å²) in [6, 6.07) is 3.02. The number of nitrogens with one attached hydrogen (secondary N) is 1. The molecule has 94 valence electrons. The highest BCUT2D eigenvalue weighted by Gasteiger charge is 2.27. The summed E-state index contributed by atoms with van der Waals surface area (Å²) in [5, 5.41) is 2.43. The van der Waals surface area contributed by atoms with Gasteiger partial charge < -0.3 is 11.1 Å². The quantitative estimate of drug-likeness (QED) is 0.851. The molecule has 1 aromatic rings. The predicted octanol–water partition coefficient (Wildman–Crippen LogP) is 2.28. The second-order valence-electron chi connectivity index (χ2n) is 4.50. The average molecular weight is 242 g/mol. The zero-order valence-corrected chi connectivity index (χ0v) is 9.89. The van der Waals surface area contributed by atoms with E-state index in [1.54, 1.807) is 13.8 Å². The number of carbonyl (C=O) groups excluding carboxylic acids is 1. The second-order valence-corrected chi connectivity index (χ2v) is 4.50. The van der Waals surface area contributed by atoms with E-state index in [4.69, 9.17) is 5.73 Å². The van der Waals surface area contributed by atoms with Gasteiger partial charge in [0.2, 0.25) is 5.91 Å². The van der Waals surface area contributed by atoms with Crippen LogP contribution in [0.4, 0.5) is 14.5 Å². The number of benzene rings is 1. The van der Waals surface area contributed by atoms with Gasteiger partial charge in [-0.2, -0.15) is 0 Å². The van der Waals surface area contributed by atoms with E-state index >= 15 is 0 Å². The van der Waals surface area contributed by atoms with Crippen LogP contribution >= 0.6 is 0 Å². The van der Waals surface area contributed by atoms with Gasteiger partial charge in [0.15, 0.2) is 0 Å². The van der Waals surface area contributed by atoms with Crippen molar-refractivity contribution in [1.82, 2.24) is 0 Å². The fourth-order valence-corrected chi connectivity index (χ4v) is 1.36. The molecule has 0 saturated carbocycles. The zero-order chi connectivity index (χ0) is 13.1. The SMILES string of the molecule is CC(C)(CCN)C(=O)Nc1ccc(F)cc1F. The Morgan fingerprint density at radius 3 is 2.59 bits per heavy atom. The van der Waals surface area contributed by atoms with Crippen LogP contribution in [0.2, 0.25) is 0 Å².